The Kier molecular flexibility index (Phi) is 4.21. The molecule has 2 atom stereocenters. The van der Waals surface area contributed by atoms with Gasteiger partial charge in [0.2, 0.25) is 0 Å². The summed E-state index contributed by atoms with van der Waals surface area (Å²) >= 11 is 0. The van der Waals surface area contributed by atoms with Gasteiger partial charge in [-0.05, 0) is 46.7 Å². The Morgan fingerprint density at radius 2 is 1.39 bits per heavy atom. The van der Waals surface area contributed by atoms with Crippen LogP contribution >= 0.6 is 0 Å². The van der Waals surface area contributed by atoms with Crippen LogP contribution in [0.2, 0.25) is 0 Å². The highest BCUT2D eigenvalue weighted by molar-refractivity contribution is 7.92. The van der Waals surface area contributed by atoms with Gasteiger partial charge in [0.05, 0.1) is 16.1 Å². The highest BCUT2D eigenvalue weighted by atomic mass is 32.2. The Balaban J connectivity index is 1.55. The van der Waals surface area contributed by atoms with E-state index in [2.05, 4.69) is 44.9 Å². The zero-order chi connectivity index (χ0) is 23.0. The fourth-order valence-corrected chi connectivity index (χ4v) is 7.42. The molecule has 33 heavy (non-hydrogen) atoms. The normalized spacial score (nSPS) is 23.6. The lowest BCUT2D eigenvalue weighted by atomic mass is 9.46. The molecule has 0 bridgehead atoms. The molecule has 3 aromatic carbocycles. The lowest BCUT2D eigenvalue weighted by Gasteiger charge is -2.43. The van der Waals surface area contributed by atoms with Gasteiger partial charge in [0.1, 0.15) is 15.7 Å². The number of hydrogen-bond acceptors (Lipinski definition) is 4. The fourth-order valence-electron chi connectivity index (χ4n) is 5.51. The quantitative estimate of drug-likeness (QED) is 0.537. The number of ketones is 1. The van der Waals surface area contributed by atoms with E-state index in [1.165, 1.54) is 17.2 Å². The number of fused-ring (bicyclic) bond motifs is 4. The lowest BCUT2D eigenvalue weighted by molar-refractivity contribution is 0.0938. The van der Waals surface area contributed by atoms with Gasteiger partial charge in [-0.3, -0.25) is 4.79 Å². The van der Waals surface area contributed by atoms with E-state index in [1.807, 2.05) is 36.4 Å². The van der Waals surface area contributed by atoms with Crippen molar-refractivity contribution in [2.24, 2.45) is 5.92 Å². The topological polar surface area (TPSA) is 54.5 Å². The molecule has 2 aliphatic heterocycles. The van der Waals surface area contributed by atoms with Gasteiger partial charge < -0.3 is 4.90 Å². The monoisotopic (exact) mass is 449 g/mol. The Hall–Kier alpha value is -3.31. The van der Waals surface area contributed by atoms with Crippen molar-refractivity contribution in [2.45, 2.75) is 15.4 Å². The number of carbonyl (C=O) groups is 1. The van der Waals surface area contributed by atoms with Crippen LogP contribution in [0, 0.1) is 5.92 Å². The van der Waals surface area contributed by atoms with Crippen LogP contribution in [-0.2, 0) is 15.1 Å². The average Bonchev–Trinajstić information content (AvgIpc) is 2.83. The second-order valence-corrected chi connectivity index (χ2v) is 11.4. The molecule has 2 heterocycles. The minimum absolute atomic E-state index is 0.133. The molecule has 7 heteroatoms. The van der Waals surface area contributed by atoms with Gasteiger partial charge in [-0.2, -0.15) is 0 Å². The molecule has 2 unspecified atom stereocenters. The first-order chi connectivity index (χ1) is 15.8. The number of nitrogens with zero attached hydrogens (tertiary/aromatic N) is 1. The molecule has 4 nitrogen and oxygen atoms in total. The molecule has 0 spiro atoms. The smallest absolute Gasteiger partial charge is 0.186 e. The summed E-state index contributed by atoms with van der Waals surface area (Å²) in [5, 5.41) is -1.07. The molecule has 0 N–H and O–H groups in total. The first-order valence-electron chi connectivity index (χ1n) is 11.1. The van der Waals surface area contributed by atoms with Crippen LogP contribution in [0.15, 0.2) is 102 Å². The summed E-state index contributed by atoms with van der Waals surface area (Å²) in [6.07, 6.45) is 5.38. The van der Waals surface area contributed by atoms with Crippen LogP contribution in [-0.4, -0.2) is 35.1 Å². The standard InChI is InChI=1S/C26H21B2NO3S/c27-26(28)19-8-2-4-10-21(19)29(22-11-5-3-9-20(22)26)16-13-14-24-18(15-16)25(30)17-7-1-6-12-23(17)33(24,31)32/h1-15,18,24H,27-28H2. The predicted molar refractivity (Wildman–Crippen MR) is 135 cm³/mol. The summed E-state index contributed by atoms with van der Waals surface area (Å²) in [5.74, 6) is -0.898. The molecule has 0 radical (unpaired) electrons. The molecule has 6 rings (SSSR count). The summed E-state index contributed by atoms with van der Waals surface area (Å²) in [5.41, 5.74) is 5.56. The van der Waals surface area contributed by atoms with E-state index in [-0.39, 0.29) is 21.5 Å². The SMILES string of the molecule is BC1(B)c2ccccc2N(C2=CC3C(=O)c4ccccc4S(=O)(=O)C3C=C2)c2ccccc21. The zero-order valence-corrected chi connectivity index (χ0v) is 19.2. The second kappa shape index (κ2) is 6.84. The Bertz CT molecular complexity index is 1460. The number of hydrogen-bond donors (Lipinski definition) is 0. The van der Waals surface area contributed by atoms with Gasteiger partial charge >= 0.3 is 0 Å². The minimum Gasteiger partial charge on any atom is -0.310 e. The van der Waals surface area contributed by atoms with E-state index in [0.717, 1.165) is 17.1 Å². The van der Waals surface area contributed by atoms with Crippen molar-refractivity contribution in [1.29, 1.82) is 0 Å². The molecule has 0 saturated carbocycles. The number of carbonyl (C=O) groups excluding carboxylic acids is 1. The van der Waals surface area contributed by atoms with E-state index in [4.69, 9.17) is 0 Å². The van der Waals surface area contributed by atoms with Crippen LogP contribution in [0.3, 0.4) is 0 Å². The third kappa shape index (κ3) is 2.72. The van der Waals surface area contributed by atoms with Gasteiger partial charge in [0, 0.05) is 22.6 Å². The summed E-state index contributed by atoms with van der Waals surface area (Å²) in [7, 11) is 0.799. The predicted octanol–water partition coefficient (Wildman–Crippen LogP) is 2.71. The summed E-state index contributed by atoms with van der Waals surface area (Å²) in [6.45, 7) is 0. The molecule has 0 amide bonds. The van der Waals surface area contributed by atoms with Gasteiger partial charge in [-0.15, -0.1) is 0 Å². The third-order valence-electron chi connectivity index (χ3n) is 7.18. The Morgan fingerprint density at radius 1 is 0.818 bits per heavy atom. The van der Waals surface area contributed by atoms with Crippen molar-refractivity contribution in [2.75, 3.05) is 4.90 Å². The molecule has 1 aliphatic carbocycles. The van der Waals surface area contributed by atoms with Crippen molar-refractivity contribution in [3.05, 3.63) is 113 Å². The molecular weight excluding hydrogens is 428 g/mol. The summed E-state index contributed by atoms with van der Waals surface area (Å²) in [6, 6.07) is 23.1. The van der Waals surface area contributed by atoms with Crippen molar-refractivity contribution < 1.29 is 13.2 Å². The van der Waals surface area contributed by atoms with Crippen molar-refractivity contribution in [1.82, 2.24) is 0 Å². The number of allylic oxidation sites excluding steroid dienone is 2. The Morgan fingerprint density at radius 3 is 2.06 bits per heavy atom. The molecular formula is C26H21B2NO3S. The number of rotatable bonds is 1. The first kappa shape index (κ1) is 20.3. The number of sulfone groups is 1. The number of Topliss-reactive ketones (excluding diaryl/α,β-unsaturated/α-hetero) is 1. The van der Waals surface area contributed by atoms with Crippen LogP contribution in [0.1, 0.15) is 21.5 Å². The van der Waals surface area contributed by atoms with Crippen LogP contribution in [0.5, 0.6) is 0 Å². The van der Waals surface area contributed by atoms with E-state index < -0.39 is 21.0 Å². The van der Waals surface area contributed by atoms with Crippen LogP contribution in [0.25, 0.3) is 0 Å². The lowest BCUT2D eigenvalue weighted by Crippen LogP contribution is -2.42. The maximum atomic E-state index is 13.4. The van der Waals surface area contributed by atoms with Gasteiger partial charge in [-0.25, -0.2) is 8.42 Å². The van der Waals surface area contributed by atoms with Gasteiger partial charge in [0.25, 0.3) is 0 Å². The highest BCUT2D eigenvalue weighted by Gasteiger charge is 2.46. The second-order valence-electron chi connectivity index (χ2n) is 9.34. The highest BCUT2D eigenvalue weighted by Crippen LogP contribution is 2.49. The largest absolute Gasteiger partial charge is 0.310 e. The number of benzene rings is 3. The maximum absolute atomic E-state index is 13.4. The van der Waals surface area contributed by atoms with E-state index in [1.54, 1.807) is 24.3 Å². The molecule has 0 fully saturated rings. The third-order valence-corrected chi connectivity index (χ3v) is 9.31. The molecule has 0 saturated heterocycles. The number of para-hydroxylation sites is 2. The Labute approximate surface area is 195 Å². The van der Waals surface area contributed by atoms with Crippen molar-refractivity contribution >= 4 is 42.7 Å². The zero-order valence-electron chi connectivity index (χ0n) is 18.4. The average molecular weight is 449 g/mol. The fraction of sp³-hybridized carbons (Fsp3) is 0.115. The van der Waals surface area contributed by atoms with Gasteiger partial charge in [0.15, 0.2) is 15.6 Å². The van der Waals surface area contributed by atoms with Gasteiger partial charge in [-0.1, -0.05) is 60.7 Å². The van der Waals surface area contributed by atoms with Crippen LogP contribution < -0.4 is 4.90 Å². The molecule has 0 aromatic heterocycles. The molecule has 160 valence electrons. The van der Waals surface area contributed by atoms with E-state index >= 15 is 0 Å². The van der Waals surface area contributed by atoms with Crippen molar-refractivity contribution in [3.8, 4) is 0 Å². The maximum Gasteiger partial charge on any atom is 0.186 e. The van der Waals surface area contributed by atoms with Crippen molar-refractivity contribution in [3.63, 3.8) is 0 Å². The van der Waals surface area contributed by atoms with E-state index in [9.17, 15) is 13.2 Å². The van der Waals surface area contributed by atoms with E-state index in [0.29, 0.717) is 0 Å². The molecule has 3 aliphatic rings. The summed E-state index contributed by atoms with van der Waals surface area (Å²) < 4.78 is 26.6. The molecule has 3 aromatic rings. The first-order valence-corrected chi connectivity index (χ1v) is 12.6. The minimum atomic E-state index is -3.64. The summed E-state index contributed by atoms with van der Waals surface area (Å²) in [4.78, 5) is 15.7. The number of anilines is 2. The van der Waals surface area contributed by atoms with Crippen LogP contribution in [0.4, 0.5) is 11.4 Å².